The third-order valence-electron chi connectivity index (χ3n) is 2.65. The quantitative estimate of drug-likeness (QED) is 0.669. The molecule has 0 saturated heterocycles. The van der Waals surface area contributed by atoms with Gasteiger partial charge in [0.15, 0.2) is 0 Å². The molecular weight excluding hydrogens is 274 g/mol. The summed E-state index contributed by atoms with van der Waals surface area (Å²) >= 11 is 0. The van der Waals surface area contributed by atoms with Crippen LogP contribution < -0.4 is 5.32 Å². The van der Waals surface area contributed by atoms with Crippen molar-refractivity contribution in [1.82, 2.24) is 25.9 Å². The van der Waals surface area contributed by atoms with Crippen LogP contribution in [0.15, 0.2) is 24.3 Å². The lowest BCUT2D eigenvalue weighted by Gasteiger charge is -2.12. The van der Waals surface area contributed by atoms with E-state index in [1.54, 1.807) is 18.2 Å². The van der Waals surface area contributed by atoms with Gasteiger partial charge in [-0.25, -0.2) is 4.79 Å². The van der Waals surface area contributed by atoms with Crippen LogP contribution in [0.4, 0.5) is 0 Å². The summed E-state index contributed by atoms with van der Waals surface area (Å²) in [6.07, 6.45) is 4.99. The highest BCUT2D eigenvalue weighted by atomic mass is 16.4. The van der Waals surface area contributed by atoms with Crippen LogP contribution in [0.3, 0.4) is 0 Å². The van der Waals surface area contributed by atoms with Gasteiger partial charge < -0.3 is 10.4 Å². The molecule has 1 aromatic heterocycles. The van der Waals surface area contributed by atoms with E-state index in [-0.39, 0.29) is 12.0 Å². The first-order valence-electron chi connectivity index (χ1n) is 5.93. The average Bonchev–Trinajstić information content (AvgIpc) is 3.01. The number of amides is 1. The minimum Gasteiger partial charge on any atom is -0.480 e. The minimum absolute atomic E-state index is 0.0917. The lowest BCUT2D eigenvalue weighted by atomic mass is 10.1. The summed E-state index contributed by atoms with van der Waals surface area (Å²) in [4.78, 5) is 23.0. The van der Waals surface area contributed by atoms with E-state index in [2.05, 4.69) is 31.9 Å². The molecule has 1 aromatic carbocycles. The summed E-state index contributed by atoms with van der Waals surface area (Å²) in [6.45, 7) is 0. The Morgan fingerprint density at radius 2 is 2.29 bits per heavy atom. The van der Waals surface area contributed by atoms with Crippen LogP contribution in [0.25, 0.3) is 11.4 Å². The molecule has 0 radical (unpaired) electrons. The van der Waals surface area contributed by atoms with E-state index in [4.69, 9.17) is 11.5 Å². The molecule has 1 unspecified atom stereocenters. The molecule has 2 rings (SSSR count). The fraction of sp³-hybridized carbons (Fsp3) is 0.154. The molecule has 1 atom stereocenters. The van der Waals surface area contributed by atoms with E-state index in [0.717, 1.165) is 0 Å². The number of H-pyrrole nitrogens is 1. The number of aromatic nitrogens is 4. The summed E-state index contributed by atoms with van der Waals surface area (Å²) in [5, 5.41) is 24.7. The Balaban J connectivity index is 2.18. The van der Waals surface area contributed by atoms with Crippen LogP contribution in [-0.4, -0.2) is 43.6 Å². The number of nitrogens with zero attached hydrogens (tertiary/aromatic N) is 3. The molecule has 0 aliphatic heterocycles. The molecule has 0 aliphatic carbocycles. The number of terminal acetylenes is 1. The molecular formula is C13H11N5O3. The molecule has 0 aliphatic rings. The molecule has 21 heavy (non-hydrogen) atoms. The monoisotopic (exact) mass is 285 g/mol. The van der Waals surface area contributed by atoms with Gasteiger partial charge in [0, 0.05) is 17.5 Å². The summed E-state index contributed by atoms with van der Waals surface area (Å²) in [7, 11) is 0. The highest BCUT2D eigenvalue weighted by Crippen LogP contribution is 2.15. The molecule has 8 nitrogen and oxygen atoms in total. The molecule has 0 bridgehead atoms. The first-order valence-corrected chi connectivity index (χ1v) is 5.93. The fourth-order valence-electron chi connectivity index (χ4n) is 1.64. The molecule has 2 aromatic rings. The van der Waals surface area contributed by atoms with Crippen molar-refractivity contribution in [1.29, 1.82) is 0 Å². The second kappa shape index (κ2) is 6.29. The maximum Gasteiger partial charge on any atom is 0.327 e. The summed E-state index contributed by atoms with van der Waals surface area (Å²) in [6, 6.07) is 5.30. The maximum atomic E-state index is 12.0. The fourth-order valence-corrected chi connectivity index (χ4v) is 1.64. The lowest BCUT2D eigenvalue weighted by molar-refractivity contribution is -0.139. The predicted octanol–water partition coefficient (Wildman–Crippen LogP) is 0.0730. The van der Waals surface area contributed by atoms with Gasteiger partial charge in [-0.15, -0.1) is 22.5 Å². The number of tetrazole rings is 1. The van der Waals surface area contributed by atoms with E-state index in [0.29, 0.717) is 11.4 Å². The van der Waals surface area contributed by atoms with Crippen LogP contribution in [-0.2, 0) is 4.79 Å². The van der Waals surface area contributed by atoms with Crippen molar-refractivity contribution in [2.45, 2.75) is 12.5 Å². The van der Waals surface area contributed by atoms with Gasteiger partial charge in [-0.05, 0) is 17.3 Å². The van der Waals surface area contributed by atoms with Crippen molar-refractivity contribution < 1.29 is 14.7 Å². The van der Waals surface area contributed by atoms with Crippen molar-refractivity contribution in [2.24, 2.45) is 0 Å². The Kier molecular flexibility index (Phi) is 4.26. The zero-order valence-electron chi connectivity index (χ0n) is 10.8. The van der Waals surface area contributed by atoms with Crippen molar-refractivity contribution in [2.75, 3.05) is 0 Å². The number of benzene rings is 1. The maximum absolute atomic E-state index is 12.0. The highest BCUT2D eigenvalue weighted by molar-refractivity contribution is 5.97. The molecule has 8 heteroatoms. The van der Waals surface area contributed by atoms with Crippen molar-refractivity contribution in [3.05, 3.63) is 29.8 Å². The van der Waals surface area contributed by atoms with Crippen LogP contribution >= 0.6 is 0 Å². The number of hydrogen-bond acceptors (Lipinski definition) is 5. The first kappa shape index (κ1) is 14.2. The van der Waals surface area contributed by atoms with Gasteiger partial charge in [0.25, 0.3) is 5.91 Å². The summed E-state index contributed by atoms with van der Waals surface area (Å²) in [5.41, 5.74) is 0.862. The second-order valence-electron chi connectivity index (χ2n) is 4.09. The van der Waals surface area contributed by atoms with Crippen LogP contribution in [0.1, 0.15) is 16.8 Å². The molecule has 3 N–H and O–H groups in total. The third-order valence-corrected chi connectivity index (χ3v) is 2.65. The zero-order chi connectivity index (χ0) is 15.2. The summed E-state index contributed by atoms with van der Waals surface area (Å²) < 4.78 is 0. The van der Waals surface area contributed by atoms with E-state index in [9.17, 15) is 9.59 Å². The molecule has 1 amide bonds. The van der Waals surface area contributed by atoms with Gasteiger partial charge in [0.2, 0.25) is 5.82 Å². The number of hydrogen-bond donors (Lipinski definition) is 3. The van der Waals surface area contributed by atoms with Gasteiger partial charge in [0.1, 0.15) is 6.04 Å². The molecule has 0 saturated carbocycles. The molecule has 1 heterocycles. The topological polar surface area (TPSA) is 121 Å². The highest BCUT2D eigenvalue weighted by Gasteiger charge is 2.19. The Hall–Kier alpha value is -3.21. The van der Waals surface area contributed by atoms with E-state index in [1.165, 1.54) is 6.07 Å². The first-order chi connectivity index (χ1) is 10.1. The Morgan fingerprint density at radius 3 is 2.90 bits per heavy atom. The van der Waals surface area contributed by atoms with Crippen molar-refractivity contribution in [3.63, 3.8) is 0 Å². The largest absolute Gasteiger partial charge is 0.480 e. The van der Waals surface area contributed by atoms with Gasteiger partial charge >= 0.3 is 5.97 Å². The normalized spacial score (nSPS) is 11.4. The average molecular weight is 285 g/mol. The number of aromatic amines is 1. The van der Waals surface area contributed by atoms with Crippen LogP contribution in [0.5, 0.6) is 0 Å². The standard InChI is InChI=1S/C13H11N5O3/c1-2-4-10(13(20)21)14-12(19)9-6-3-5-8(7-9)11-15-17-18-16-11/h1,3,5-7,10H,4H2,(H,14,19)(H,20,21)(H,15,16,17,18). The van der Waals surface area contributed by atoms with Gasteiger partial charge in [-0.3, -0.25) is 4.79 Å². The molecule has 0 spiro atoms. The van der Waals surface area contributed by atoms with Crippen molar-refractivity contribution in [3.8, 4) is 23.7 Å². The third kappa shape index (κ3) is 3.42. The van der Waals surface area contributed by atoms with Crippen molar-refractivity contribution >= 4 is 11.9 Å². The predicted molar refractivity (Wildman–Crippen MR) is 72.0 cm³/mol. The zero-order valence-corrected chi connectivity index (χ0v) is 10.8. The number of rotatable bonds is 5. The number of carbonyl (C=O) groups excluding carboxylic acids is 1. The Morgan fingerprint density at radius 1 is 1.48 bits per heavy atom. The van der Waals surface area contributed by atoms with Gasteiger partial charge in [-0.1, -0.05) is 12.1 Å². The number of aliphatic carboxylic acids is 1. The SMILES string of the molecule is C#CCC(NC(=O)c1cccc(-c2nn[nH]n2)c1)C(=O)O. The summed E-state index contributed by atoms with van der Waals surface area (Å²) in [5.74, 6) is 0.824. The van der Waals surface area contributed by atoms with E-state index < -0.39 is 17.9 Å². The van der Waals surface area contributed by atoms with Crippen LogP contribution in [0, 0.1) is 12.3 Å². The second-order valence-corrected chi connectivity index (χ2v) is 4.09. The number of carboxylic acid groups (broad SMARTS) is 1. The molecule has 106 valence electrons. The Labute approximate surface area is 119 Å². The number of carbonyl (C=O) groups is 2. The van der Waals surface area contributed by atoms with E-state index >= 15 is 0 Å². The molecule has 0 fully saturated rings. The van der Waals surface area contributed by atoms with Gasteiger partial charge in [0.05, 0.1) is 0 Å². The number of carboxylic acids is 1. The smallest absolute Gasteiger partial charge is 0.327 e. The van der Waals surface area contributed by atoms with E-state index in [1.807, 2.05) is 0 Å². The van der Waals surface area contributed by atoms with Gasteiger partial charge in [-0.2, -0.15) is 5.21 Å². The lowest BCUT2D eigenvalue weighted by Crippen LogP contribution is -2.40. The minimum atomic E-state index is -1.18. The Bertz CT molecular complexity index is 690. The number of nitrogens with one attached hydrogen (secondary N) is 2. The van der Waals surface area contributed by atoms with Crippen LogP contribution in [0.2, 0.25) is 0 Å².